The summed E-state index contributed by atoms with van der Waals surface area (Å²) in [5.74, 6) is 0.201. The Bertz CT molecular complexity index is 1590. The fourth-order valence-corrected chi connectivity index (χ4v) is 6.55. The summed E-state index contributed by atoms with van der Waals surface area (Å²) in [7, 11) is -4.09. The van der Waals surface area contributed by atoms with Crippen LogP contribution < -0.4 is 10.3 Å². The van der Waals surface area contributed by atoms with Gasteiger partial charge in [0.2, 0.25) is 21.5 Å². The van der Waals surface area contributed by atoms with E-state index in [-0.39, 0.29) is 17.0 Å². The van der Waals surface area contributed by atoms with Crippen molar-refractivity contribution in [1.29, 1.82) is 0 Å². The number of pyridine rings is 1. The van der Waals surface area contributed by atoms with Gasteiger partial charge in [-0.2, -0.15) is 4.72 Å². The lowest BCUT2D eigenvalue weighted by Gasteiger charge is -2.26. The Kier molecular flexibility index (Phi) is 6.88. The van der Waals surface area contributed by atoms with Crippen molar-refractivity contribution in [3.8, 4) is 0 Å². The Hall–Kier alpha value is -3.51. The number of H-pyrrole nitrogens is 1. The predicted octanol–water partition coefficient (Wildman–Crippen LogP) is 4.49. The number of hydrogen-bond acceptors (Lipinski definition) is 7. The van der Waals surface area contributed by atoms with Crippen molar-refractivity contribution in [3.05, 3.63) is 110 Å². The highest BCUT2D eigenvalue weighted by molar-refractivity contribution is 7.89. The topological polar surface area (TPSA) is 112 Å². The second kappa shape index (κ2) is 10.2. The number of nitrogens with one attached hydrogen (secondary N) is 2. The van der Waals surface area contributed by atoms with Gasteiger partial charge >= 0.3 is 0 Å². The number of furan rings is 1. The number of nitrogens with zero attached hydrogens (tertiary/aromatic N) is 1. The maximum atomic E-state index is 13.9. The molecule has 0 unspecified atom stereocenters. The fourth-order valence-electron chi connectivity index (χ4n) is 3.78. The smallest absolute Gasteiger partial charge is 0.248 e. The number of carbonyl (C=O) groups is 1. The van der Waals surface area contributed by atoms with Gasteiger partial charge in [0.25, 0.3) is 0 Å². The summed E-state index contributed by atoms with van der Waals surface area (Å²) in [6.07, 6.45) is 1.54. The highest BCUT2D eigenvalue weighted by Crippen LogP contribution is 2.27. The summed E-state index contributed by atoms with van der Waals surface area (Å²) in [6, 6.07) is 17.0. The second-order valence-electron chi connectivity index (χ2n) is 7.99. The van der Waals surface area contributed by atoms with Crippen molar-refractivity contribution < 1.29 is 17.6 Å². The number of aromatic nitrogens is 1. The van der Waals surface area contributed by atoms with E-state index >= 15 is 0 Å². The van der Waals surface area contributed by atoms with E-state index in [9.17, 15) is 18.0 Å². The maximum absolute atomic E-state index is 13.9. The zero-order valence-electron chi connectivity index (χ0n) is 18.8. The maximum Gasteiger partial charge on any atom is 0.248 e. The van der Waals surface area contributed by atoms with E-state index in [1.807, 2.05) is 17.5 Å². The first-order valence-corrected chi connectivity index (χ1v) is 14.2. The van der Waals surface area contributed by atoms with Crippen molar-refractivity contribution in [3.63, 3.8) is 0 Å². The monoisotopic (exact) mass is 539 g/mol. The third-order valence-corrected chi connectivity index (χ3v) is 8.74. The molecule has 1 atom stereocenters. The molecule has 2 N–H and O–H groups in total. The minimum Gasteiger partial charge on any atom is -0.467 e. The van der Waals surface area contributed by atoms with Crippen LogP contribution in [0.1, 0.15) is 21.6 Å². The van der Waals surface area contributed by atoms with Crippen LogP contribution in [0.3, 0.4) is 0 Å². The van der Waals surface area contributed by atoms with Crippen LogP contribution in [0.15, 0.2) is 97.9 Å². The molecule has 4 aromatic heterocycles. The van der Waals surface area contributed by atoms with E-state index in [1.54, 1.807) is 40.6 Å². The normalized spacial score (nSPS) is 12.6. The van der Waals surface area contributed by atoms with E-state index < -0.39 is 22.0 Å². The van der Waals surface area contributed by atoms with Gasteiger partial charge in [-0.25, -0.2) is 8.42 Å². The van der Waals surface area contributed by atoms with Crippen LogP contribution in [0.2, 0.25) is 0 Å². The Labute approximate surface area is 214 Å². The first-order valence-electron chi connectivity index (χ1n) is 10.9. The minimum atomic E-state index is -4.09. The molecule has 36 heavy (non-hydrogen) atoms. The van der Waals surface area contributed by atoms with E-state index in [0.29, 0.717) is 28.1 Å². The average Bonchev–Trinajstić information content (AvgIpc) is 3.66. The van der Waals surface area contributed by atoms with Gasteiger partial charge in [-0.15, -0.1) is 22.7 Å². The Balaban J connectivity index is 1.48. The van der Waals surface area contributed by atoms with Crippen LogP contribution in [0.4, 0.5) is 0 Å². The van der Waals surface area contributed by atoms with Crippen molar-refractivity contribution in [2.45, 2.75) is 24.0 Å². The van der Waals surface area contributed by atoms with Crippen LogP contribution in [0.25, 0.3) is 10.9 Å². The number of rotatable bonds is 9. The molecule has 0 fully saturated rings. The molecule has 0 aliphatic heterocycles. The highest BCUT2D eigenvalue weighted by Gasteiger charge is 2.32. The molecule has 5 aromatic rings. The SMILES string of the molecule is O=C([C@@H](NS(=O)(=O)c1ccc2[nH]c(=O)ccc2c1)c1cccs1)N(Cc1ccco1)Cc1cccs1. The number of sulfonamides is 1. The van der Waals surface area contributed by atoms with Crippen molar-refractivity contribution in [2.75, 3.05) is 0 Å². The number of fused-ring (bicyclic) bond motifs is 1. The predicted molar refractivity (Wildman–Crippen MR) is 139 cm³/mol. The van der Waals surface area contributed by atoms with E-state index in [1.165, 1.54) is 53.2 Å². The molecule has 0 saturated heterocycles. The van der Waals surface area contributed by atoms with E-state index in [4.69, 9.17) is 4.42 Å². The Morgan fingerprint density at radius 3 is 2.56 bits per heavy atom. The van der Waals surface area contributed by atoms with Gasteiger partial charge < -0.3 is 14.3 Å². The average molecular weight is 540 g/mol. The van der Waals surface area contributed by atoms with Crippen molar-refractivity contribution >= 4 is 49.5 Å². The lowest BCUT2D eigenvalue weighted by Crippen LogP contribution is -2.42. The van der Waals surface area contributed by atoms with Gasteiger partial charge in [0, 0.05) is 21.3 Å². The first kappa shape index (κ1) is 24.2. The summed E-state index contributed by atoms with van der Waals surface area (Å²) in [5.41, 5.74) is 0.245. The second-order valence-corrected chi connectivity index (χ2v) is 11.7. The molecule has 1 amide bonds. The third-order valence-electron chi connectivity index (χ3n) is 5.52. The molecule has 8 nitrogen and oxygen atoms in total. The van der Waals surface area contributed by atoms with Crippen LogP contribution in [0.5, 0.6) is 0 Å². The standard InChI is InChI=1S/C25H21N3O5S3/c29-23-10-7-17-14-20(8-9-21(17)26-23)36(31,32)27-24(22-6-3-13-35-22)25(30)28(15-18-4-1-11-33-18)16-19-5-2-12-34-19/h1-14,24,27H,15-16H2,(H,26,29)/t24-/m0/s1. The molecule has 5 rings (SSSR count). The molecule has 184 valence electrons. The third kappa shape index (κ3) is 5.34. The largest absolute Gasteiger partial charge is 0.467 e. The molecular formula is C25H21N3O5S3. The fraction of sp³-hybridized carbons (Fsp3) is 0.120. The zero-order valence-corrected chi connectivity index (χ0v) is 21.2. The van der Waals surface area contributed by atoms with Gasteiger partial charge in [-0.1, -0.05) is 12.1 Å². The van der Waals surface area contributed by atoms with Gasteiger partial charge in [0.1, 0.15) is 11.8 Å². The molecule has 0 saturated carbocycles. The van der Waals surface area contributed by atoms with Gasteiger partial charge in [-0.05, 0) is 64.7 Å². The Morgan fingerprint density at radius 2 is 1.83 bits per heavy atom. The molecule has 1 aromatic carbocycles. The summed E-state index contributed by atoms with van der Waals surface area (Å²) >= 11 is 2.81. The lowest BCUT2D eigenvalue weighted by atomic mass is 10.2. The van der Waals surface area contributed by atoms with Gasteiger partial charge in [-0.3, -0.25) is 9.59 Å². The van der Waals surface area contributed by atoms with E-state index in [2.05, 4.69) is 9.71 Å². The molecule has 0 radical (unpaired) electrons. The molecule has 4 heterocycles. The zero-order chi connectivity index (χ0) is 25.1. The first-order chi connectivity index (χ1) is 17.4. The molecule has 0 bridgehead atoms. The van der Waals surface area contributed by atoms with Crippen LogP contribution in [0, 0.1) is 0 Å². The number of benzene rings is 1. The molecule has 0 aliphatic rings. The van der Waals surface area contributed by atoms with Gasteiger partial charge in [0.05, 0.1) is 24.2 Å². The van der Waals surface area contributed by atoms with Crippen LogP contribution >= 0.6 is 22.7 Å². The summed E-state index contributed by atoms with van der Waals surface area (Å²) in [5, 5.41) is 4.29. The van der Waals surface area contributed by atoms with Crippen molar-refractivity contribution in [2.24, 2.45) is 0 Å². The number of amides is 1. The summed E-state index contributed by atoms with van der Waals surface area (Å²) in [4.78, 5) is 31.2. The van der Waals surface area contributed by atoms with Crippen LogP contribution in [-0.4, -0.2) is 24.2 Å². The number of aromatic amines is 1. The highest BCUT2D eigenvalue weighted by atomic mass is 32.2. The van der Waals surface area contributed by atoms with E-state index in [0.717, 1.165) is 4.88 Å². The molecule has 11 heteroatoms. The lowest BCUT2D eigenvalue weighted by molar-refractivity contribution is -0.134. The minimum absolute atomic E-state index is 0.00718. The van der Waals surface area contributed by atoms with Crippen LogP contribution in [-0.2, 0) is 27.9 Å². The Morgan fingerprint density at radius 1 is 1.00 bits per heavy atom. The molecule has 0 aliphatic carbocycles. The quantitative estimate of drug-likeness (QED) is 0.287. The molecular weight excluding hydrogens is 518 g/mol. The summed E-state index contributed by atoms with van der Waals surface area (Å²) in [6.45, 7) is 0.501. The van der Waals surface area contributed by atoms with Gasteiger partial charge in [0.15, 0.2) is 0 Å². The molecule has 0 spiro atoms. The number of carbonyl (C=O) groups excluding carboxylic acids is 1. The van der Waals surface area contributed by atoms with Crippen molar-refractivity contribution in [1.82, 2.24) is 14.6 Å². The number of hydrogen-bond donors (Lipinski definition) is 2. The number of thiophene rings is 2. The summed E-state index contributed by atoms with van der Waals surface area (Å²) < 4.78 is 35.0.